The number of rotatable bonds is 8. The molecule has 2 aromatic carbocycles. The second-order valence-corrected chi connectivity index (χ2v) is 8.30. The Bertz CT molecular complexity index is 1160. The Morgan fingerprint density at radius 2 is 1.61 bits per heavy atom. The van der Waals surface area contributed by atoms with Crippen molar-refractivity contribution in [2.75, 3.05) is 23.8 Å². The second kappa shape index (κ2) is 9.43. The van der Waals surface area contributed by atoms with Crippen molar-refractivity contribution in [3.05, 3.63) is 66.0 Å². The molecule has 0 saturated heterocycles. The van der Waals surface area contributed by atoms with Crippen LogP contribution in [0.5, 0.6) is 11.5 Å². The van der Waals surface area contributed by atoms with Gasteiger partial charge in [0.05, 0.1) is 12.0 Å². The Kier molecular flexibility index (Phi) is 6.71. The van der Waals surface area contributed by atoms with Gasteiger partial charge >= 0.3 is 0 Å². The van der Waals surface area contributed by atoms with Crippen LogP contribution in [0.2, 0.25) is 0 Å². The number of sulfonamides is 1. The summed E-state index contributed by atoms with van der Waals surface area (Å²) >= 11 is 0. The van der Waals surface area contributed by atoms with Gasteiger partial charge < -0.3 is 14.8 Å². The molecule has 31 heavy (non-hydrogen) atoms. The maximum Gasteiger partial charge on any atom is 0.264 e. The number of carbonyl (C=O) groups excluding carboxylic acids is 1. The Morgan fingerprint density at radius 3 is 2.26 bits per heavy atom. The van der Waals surface area contributed by atoms with Crippen LogP contribution in [0.25, 0.3) is 0 Å². The number of hydrogen-bond donors (Lipinski definition) is 2. The Hall–Kier alpha value is -3.66. The van der Waals surface area contributed by atoms with E-state index in [1.807, 2.05) is 0 Å². The number of aromatic nitrogens is 2. The van der Waals surface area contributed by atoms with Gasteiger partial charge in [-0.25, -0.2) is 23.1 Å². The van der Waals surface area contributed by atoms with Crippen LogP contribution < -0.4 is 19.5 Å². The first-order chi connectivity index (χ1) is 14.7. The number of benzene rings is 2. The van der Waals surface area contributed by atoms with Crippen molar-refractivity contribution < 1.29 is 22.7 Å². The first-order valence-electron chi connectivity index (χ1n) is 9.27. The third-order valence-electron chi connectivity index (χ3n) is 4.07. The maximum absolute atomic E-state index is 12.6. The molecular formula is C21H22N4O5S. The highest BCUT2D eigenvalue weighted by Crippen LogP contribution is 2.19. The lowest BCUT2D eigenvalue weighted by atomic mass is 10.3. The van der Waals surface area contributed by atoms with Crippen molar-refractivity contribution in [1.82, 2.24) is 9.97 Å². The quantitative estimate of drug-likeness (QED) is 0.550. The number of aryl methyl sites for hydroxylation is 2. The molecular weight excluding hydrogens is 420 g/mol. The highest BCUT2D eigenvalue weighted by atomic mass is 32.2. The van der Waals surface area contributed by atoms with Crippen LogP contribution in [0.4, 0.5) is 11.6 Å². The van der Waals surface area contributed by atoms with E-state index in [1.165, 1.54) is 24.3 Å². The predicted octanol–water partition coefficient (Wildman–Crippen LogP) is 2.92. The zero-order valence-corrected chi connectivity index (χ0v) is 18.1. The van der Waals surface area contributed by atoms with Gasteiger partial charge in [-0.3, -0.25) is 4.79 Å². The van der Waals surface area contributed by atoms with E-state index in [0.717, 1.165) is 0 Å². The summed E-state index contributed by atoms with van der Waals surface area (Å²) in [6, 6.07) is 14.4. The minimum atomic E-state index is -3.87. The van der Waals surface area contributed by atoms with E-state index in [2.05, 4.69) is 20.0 Å². The van der Waals surface area contributed by atoms with E-state index >= 15 is 0 Å². The monoisotopic (exact) mass is 442 g/mol. The molecule has 1 heterocycles. The van der Waals surface area contributed by atoms with Crippen molar-refractivity contribution in [2.24, 2.45) is 0 Å². The molecule has 1 aromatic heterocycles. The fourth-order valence-electron chi connectivity index (χ4n) is 2.71. The molecule has 0 aliphatic heterocycles. The summed E-state index contributed by atoms with van der Waals surface area (Å²) in [5.74, 6) is 0.731. The average molecular weight is 442 g/mol. The molecule has 0 atom stereocenters. The molecule has 0 radical (unpaired) electrons. The number of carbonyl (C=O) groups is 1. The Balaban J connectivity index is 1.60. The highest BCUT2D eigenvalue weighted by molar-refractivity contribution is 7.92. The first kappa shape index (κ1) is 22.0. The van der Waals surface area contributed by atoms with Gasteiger partial charge in [0.2, 0.25) is 5.95 Å². The number of amides is 1. The summed E-state index contributed by atoms with van der Waals surface area (Å²) in [6.45, 7) is 3.29. The van der Waals surface area contributed by atoms with Gasteiger partial charge in [0.25, 0.3) is 15.9 Å². The number of hydrogen-bond acceptors (Lipinski definition) is 7. The van der Waals surface area contributed by atoms with Crippen LogP contribution in [0.3, 0.4) is 0 Å². The van der Waals surface area contributed by atoms with Gasteiger partial charge in [-0.15, -0.1) is 0 Å². The van der Waals surface area contributed by atoms with Crippen LogP contribution in [0, 0.1) is 13.8 Å². The summed E-state index contributed by atoms with van der Waals surface area (Å²) < 4.78 is 38.0. The third kappa shape index (κ3) is 6.16. The fourth-order valence-corrected chi connectivity index (χ4v) is 3.65. The maximum atomic E-state index is 12.6. The molecule has 9 nitrogen and oxygen atoms in total. The zero-order chi connectivity index (χ0) is 22.4. The lowest BCUT2D eigenvalue weighted by molar-refractivity contribution is -0.118. The lowest BCUT2D eigenvalue weighted by Gasteiger charge is -2.10. The minimum Gasteiger partial charge on any atom is -0.497 e. The highest BCUT2D eigenvalue weighted by Gasteiger charge is 2.16. The van der Waals surface area contributed by atoms with Crippen LogP contribution in [-0.4, -0.2) is 38.0 Å². The molecule has 0 aliphatic carbocycles. The number of anilines is 2. The molecule has 10 heteroatoms. The van der Waals surface area contributed by atoms with Crippen molar-refractivity contribution in [1.29, 1.82) is 0 Å². The van der Waals surface area contributed by atoms with E-state index < -0.39 is 10.0 Å². The van der Waals surface area contributed by atoms with Gasteiger partial charge in [-0.2, -0.15) is 0 Å². The molecule has 162 valence electrons. The van der Waals surface area contributed by atoms with E-state index in [4.69, 9.17) is 9.47 Å². The second-order valence-electron chi connectivity index (χ2n) is 6.62. The summed E-state index contributed by atoms with van der Waals surface area (Å²) in [5.41, 5.74) is 1.74. The topological polar surface area (TPSA) is 120 Å². The van der Waals surface area contributed by atoms with E-state index in [-0.39, 0.29) is 23.4 Å². The predicted molar refractivity (Wildman–Crippen MR) is 116 cm³/mol. The van der Waals surface area contributed by atoms with Crippen LogP contribution in [0.15, 0.2) is 59.5 Å². The number of nitrogens with zero attached hydrogens (tertiary/aromatic N) is 2. The zero-order valence-electron chi connectivity index (χ0n) is 17.2. The van der Waals surface area contributed by atoms with Crippen LogP contribution >= 0.6 is 0 Å². The molecule has 0 fully saturated rings. The summed E-state index contributed by atoms with van der Waals surface area (Å²) in [4.78, 5) is 20.3. The lowest BCUT2D eigenvalue weighted by Crippen LogP contribution is -2.20. The summed E-state index contributed by atoms with van der Waals surface area (Å²) in [6.07, 6.45) is 0. The van der Waals surface area contributed by atoms with E-state index in [0.29, 0.717) is 28.6 Å². The molecule has 1 amide bonds. The van der Waals surface area contributed by atoms with Crippen LogP contribution in [-0.2, 0) is 14.8 Å². The van der Waals surface area contributed by atoms with Gasteiger partial charge in [-0.1, -0.05) is 6.07 Å². The smallest absolute Gasteiger partial charge is 0.264 e. The van der Waals surface area contributed by atoms with Gasteiger partial charge in [-0.05, 0) is 56.3 Å². The Morgan fingerprint density at radius 1 is 0.968 bits per heavy atom. The molecule has 3 rings (SSSR count). The minimum absolute atomic E-state index is 0.00423. The fraction of sp³-hybridized carbons (Fsp3) is 0.190. The SMILES string of the molecule is COc1cccc(OCC(=O)Nc2ccc(S(=O)(=O)Nc3nc(C)cc(C)n3)cc2)c1. The molecule has 2 N–H and O–H groups in total. The van der Waals surface area contributed by atoms with Crippen molar-refractivity contribution in [3.8, 4) is 11.5 Å². The van der Waals surface area contributed by atoms with Gasteiger partial charge in [0.1, 0.15) is 11.5 Å². The molecule has 0 aliphatic rings. The van der Waals surface area contributed by atoms with Gasteiger partial charge in [0, 0.05) is 23.1 Å². The number of methoxy groups -OCH3 is 1. The van der Waals surface area contributed by atoms with Crippen molar-refractivity contribution >= 4 is 27.6 Å². The summed E-state index contributed by atoms with van der Waals surface area (Å²) in [5, 5.41) is 2.65. The molecule has 3 aromatic rings. The standard InChI is InChI=1S/C21H22N4O5S/c1-14-11-15(2)23-21(22-14)25-31(27,28)19-9-7-16(8-10-19)24-20(26)13-30-18-6-4-5-17(12-18)29-3/h4-12H,13H2,1-3H3,(H,24,26)(H,22,23,25). The van der Waals surface area contributed by atoms with E-state index in [1.54, 1.807) is 51.3 Å². The normalized spacial score (nSPS) is 10.9. The number of nitrogens with one attached hydrogen (secondary N) is 2. The largest absolute Gasteiger partial charge is 0.497 e. The molecule has 0 saturated carbocycles. The van der Waals surface area contributed by atoms with Crippen molar-refractivity contribution in [3.63, 3.8) is 0 Å². The average Bonchev–Trinajstić information content (AvgIpc) is 2.72. The van der Waals surface area contributed by atoms with E-state index in [9.17, 15) is 13.2 Å². The van der Waals surface area contributed by atoms with Gasteiger partial charge in [0.15, 0.2) is 6.61 Å². The molecule has 0 unspecified atom stereocenters. The third-order valence-corrected chi connectivity index (χ3v) is 5.41. The van der Waals surface area contributed by atoms with Crippen LogP contribution in [0.1, 0.15) is 11.4 Å². The number of ether oxygens (including phenoxy) is 2. The Labute approximate surface area is 180 Å². The van der Waals surface area contributed by atoms with Crippen molar-refractivity contribution in [2.45, 2.75) is 18.7 Å². The first-order valence-corrected chi connectivity index (χ1v) is 10.8. The molecule has 0 spiro atoms. The molecule has 0 bridgehead atoms. The summed E-state index contributed by atoms with van der Waals surface area (Å²) in [7, 11) is -2.33.